The summed E-state index contributed by atoms with van der Waals surface area (Å²) >= 11 is 0. The molecule has 1 aromatic heterocycles. The minimum atomic E-state index is -0.378. The van der Waals surface area contributed by atoms with Gasteiger partial charge in [0.15, 0.2) is 0 Å². The molecule has 0 unspecified atom stereocenters. The van der Waals surface area contributed by atoms with Gasteiger partial charge in [0.05, 0.1) is 5.69 Å². The number of aromatic nitrogens is 1. The smallest absolute Gasteiger partial charge is 0.324 e. The minimum Gasteiger partial charge on any atom is -0.325 e. The number of pyridine rings is 1. The van der Waals surface area contributed by atoms with E-state index in [9.17, 15) is 9.59 Å². The summed E-state index contributed by atoms with van der Waals surface area (Å²) < 4.78 is 0. The van der Waals surface area contributed by atoms with E-state index < -0.39 is 0 Å². The van der Waals surface area contributed by atoms with E-state index in [2.05, 4.69) is 4.98 Å². The number of H-pyrrole nitrogens is 1. The fourth-order valence-corrected chi connectivity index (χ4v) is 2.90. The van der Waals surface area contributed by atoms with Crippen LogP contribution in [0.4, 0.5) is 10.5 Å². The maximum atomic E-state index is 12.0. The first-order valence-electron chi connectivity index (χ1n) is 7.18. The van der Waals surface area contributed by atoms with Gasteiger partial charge < -0.3 is 9.88 Å². The number of nitriles is 1. The molecule has 0 bridgehead atoms. The molecule has 1 aromatic carbocycles. The second-order valence-corrected chi connectivity index (χ2v) is 5.70. The molecule has 0 aliphatic carbocycles. The summed E-state index contributed by atoms with van der Waals surface area (Å²) in [6.45, 7) is 2.33. The number of carbonyl (C=O) groups is 1. The third kappa shape index (κ3) is 2.36. The zero-order valence-corrected chi connectivity index (χ0v) is 13.2. The van der Waals surface area contributed by atoms with E-state index in [4.69, 9.17) is 5.26 Å². The molecule has 0 atom stereocenters. The van der Waals surface area contributed by atoms with Crippen molar-refractivity contribution in [2.75, 3.05) is 19.0 Å². The van der Waals surface area contributed by atoms with Crippen LogP contribution in [-0.2, 0) is 6.54 Å². The van der Waals surface area contributed by atoms with Crippen molar-refractivity contribution in [3.8, 4) is 17.2 Å². The van der Waals surface area contributed by atoms with Crippen molar-refractivity contribution >= 4 is 11.7 Å². The van der Waals surface area contributed by atoms with E-state index in [0.29, 0.717) is 12.2 Å². The van der Waals surface area contributed by atoms with Crippen LogP contribution in [0.25, 0.3) is 11.1 Å². The second-order valence-electron chi connectivity index (χ2n) is 5.70. The van der Waals surface area contributed by atoms with Crippen LogP contribution >= 0.6 is 0 Å². The van der Waals surface area contributed by atoms with Gasteiger partial charge in [-0.25, -0.2) is 4.79 Å². The van der Waals surface area contributed by atoms with Crippen LogP contribution in [0.2, 0.25) is 0 Å². The summed E-state index contributed by atoms with van der Waals surface area (Å²) in [5.41, 5.74) is 4.04. The predicted octanol–water partition coefficient (Wildman–Crippen LogP) is 2.22. The second kappa shape index (κ2) is 5.29. The highest BCUT2D eigenvalue weighted by atomic mass is 16.2. The Morgan fingerprint density at radius 2 is 1.96 bits per heavy atom. The fourth-order valence-electron chi connectivity index (χ4n) is 2.90. The summed E-state index contributed by atoms with van der Waals surface area (Å²) in [5.74, 6) is 0. The highest BCUT2D eigenvalue weighted by Gasteiger charge is 2.25. The van der Waals surface area contributed by atoms with Gasteiger partial charge in [-0.2, -0.15) is 5.26 Å². The molecule has 0 fully saturated rings. The van der Waals surface area contributed by atoms with E-state index in [-0.39, 0.29) is 17.2 Å². The molecule has 1 N–H and O–H groups in total. The molecule has 0 saturated carbocycles. The van der Waals surface area contributed by atoms with E-state index in [1.165, 1.54) is 0 Å². The maximum Gasteiger partial charge on any atom is 0.324 e. The van der Waals surface area contributed by atoms with Gasteiger partial charge in [-0.15, -0.1) is 0 Å². The van der Waals surface area contributed by atoms with Gasteiger partial charge in [0.1, 0.15) is 11.6 Å². The number of amides is 2. The van der Waals surface area contributed by atoms with Gasteiger partial charge in [-0.3, -0.25) is 9.69 Å². The molecule has 1 aliphatic rings. The number of rotatable bonds is 1. The number of nitrogens with zero attached hydrogens (tertiary/aromatic N) is 3. The first-order chi connectivity index (χ1) is 10.9. The number of urea groups is 1. The molecule has 0 radical (unpaired) electrons. The van der Waals surface area contributed by atoms with Crippen LogP contribution in [0.3, 0.4) is 0 Å². The van der Waals surface area contributed by atoms with E-state index in [1.807, 2.05) is 24.3 Å². The van der Waals surface area contributed by atoms with Crippen LogP contribution in [0, 0.1) is 18.3 Å². The van der Waals surface area contributed by atoms with Gasteiger partial charge in [0.25, 0.3) is 5.56 Å². The zero-order chi connectivity index (χ0) is 16.7. The number of aryl methyl sites for hydroxylation is 1. The molecule has 0 saturated heterocycles. The lowest BCUT2D eigenvalue weighted by molar-refractivity contribution is 0.212. The molecule has 3 rings (SSSR count). The normalized spacial score (nSPS) is 13.7. The predicted molar refractivity (Wildman–Crippen MR) is 87.2 cm³/mol. The number of hydrogen-bond donors (Lipinski definition) is 1. The Morgan fingerprint density at radius 1 is 1.22 bits per heavy atom. The van der Waals surface area contributed by atoms with Crippen molar-refractivity contribution in [3.63, 3.8) is 0 Å². The first kappa shape index (κ1) is 14.9. The summed E-state index contributed by atoms with van der Waals surface area (Å²) in [7, 11) is 3.50. The third-order valence-electron chi connectivity index (χ3n) is 4.13. The summed E-state index contributed by atoms with van der Waals surface area (Å²) in [4.78, 5) is 29.6. The Kier molecular flexibility index (Phi) is 3.41. The molecular formula is C17H16N4O2. The molecule has 116 valence electrons. The minimum absolute atomic E-state index is 0.0442. The monoisotopic (exact) mass is 308 g/mol. The number of fused-ring (bicyclic) bond motifs is 1. The lowest BCUT2D eigenvalue weighted by Crippen LogP contribution is -2.42. The Morgan fingerprint density at radius 3 is 2.65 bits per heavy atom. The van der Waals surface area contributed by atoms with Crippen LogP contribution in [0.1, 0.15) is 16.8 Å². The fraction of sp³-hybridized carbons (Fsp3) is 0.235. The molecule has 2 aromatic rings. The molecule has 23 heavy (non-hydrogen) atoms. The lowest BCUT2D eigenvalue weighted by Gasteiger charge is -2.33. The average molecular weight is 308 g/mol. The van der Waals surface area contributed by atoms with Crippen molar-refractivity contribution in [1.82, 2.24) is 9.88 Å². The van der Waals surface area contributed by atoms with E-state index in [0.717, 1.165) is 22.4 Å². The Hall–Kier alpha value is -3.07. The zero-order valence-electron chi connectivity index (χ0n) is 13.2. The Bertz CT molecular complexity index is 908. The molecule has 6 heteroatoms. The van der Waals surface area contributed by atoms with E-state index in [1.54, 1.807) is 36.9 Å². The highest BCUT2D eigenvalue weighted by Crippen LogP contribution is 2.32. The Balaban J connectivity index is 2.14. The summed E-state index contributed by atoms with van der Waals surface area (Å²) in [6, 6.07) is 9.26. The maximum absolute atomic E-state index is 12.0. The molecular weight excluding hydrogens is 292 g/mol. The standard InChI is InChI=1S/C17H16N4O2/c1-10-14(7-12(8-18)16(22)19-10)11-4-5-15-13(6-11)9-20(2)17(23)21(15)3/h4-7H,9H2,1-3H3,(H,19,22). The highest BCUT2D eigenvalue weighted by molar-refractivity contribution is 5.94. The van der Waals surface area contributed by atoms with E-state index >= 15 is 0 Å². The molecule has 1 aliphatic heterocycles. The lowest BCUT2D eigenvalue weighted by atomic mass is 9.98. The number of anilines is 1. The largest absolute Gasteiger partial charge is 0.325 e. The number of nitrogens with one attached hydrogen (secondary N) is 1. The average Bonchev–Trinajstić information content (AvgIpc) is 2.52. The van der Waals surface area contributed by atoms with Gasteiger partial charge in [0.2, 0.25) is 0 Å². The van der Waals surface area contributed by atoms with Crippen molar-refractivity contribution in [3.05, 3.63) is 51.4 Å². The first-order valence-corrected chi connectivity index (χ1v) is 7.18. The van der Waals surface area contributed by atoms with Crippen LogP contribution in [0.15, 0.2) is 29.1 Å². The van der Waals surface area contributed by atoms with Crippen molar-refractivity contribution in [1.29, 1.82) is 5.26 Å². The van der Waals surface area contributed by atoms with Crippen LogP contribution in [0.5, 0.6) is 0 Å². The molecule has 0 spiro atoms. The van der Waals surface area contributed by atoms with Crippen LogP contribution in [-0.4, -0.2) is 30.0 Å². The number of hydrogen-bond acceptors (Lipinski definition) is 3. The topological polar surface area (TPSA) is 80.2 Å². The van der Waals surface area contributed by atoms with Crippen molar-refractivity contribution in [2.45, 2.75) is 13.5 Å². The van der Waals surface area contributed by atoms with Gasteiger partial charge in [-0.1, -0.05) is 6.07 Å². The van der Waals surface area contributed by atoms with Gasteiger partial charge >= 0.3 is 6.03 Å². The number of benzene rings is 1. The van der Waals surface area contributed by atoms with Crippen LogP contribution < -0.4 is 10.5 Å². The molecule has 6 nitrogen and oxygen atoms in total. The van der Waals surface area contributed by atoms with Gasteiger partial charge in [-0.05, 0) is 36.2 Å². The molecule has 2 heterocycles. The molecule has 2 amide bonds. The summed E-state index contributed by atoms with van der Waals surface area (Å²) in [6.07, 6.45) is 0. The van der Waals surface area contributed by atoms with Gasteiger partial charge in [0, 0.05) is 31.9 Å². The quantitative estimate of drug-likeness (QED) is 0.877. The number of aromatic amines is 1. The number of carbonyl (C=O) groups excluding carboxylic acids is 1. The Labute approximate surface area is 133 Å². The SMILES string of the molecule is Cc1[nH]c(=O)c(C#N)cc1-c1ccc2c(c1)CN(C)C(=O)N2C. The van der Waals surface area contributed by atoms with Crippen molar-refractivity contribution in [2.24, 2.45) is 0 Å². The van der Waals surface area contributed by atoms with Crippen molar-refractivity contribution < 1.29 is 4.79 Å². The third-order valence-corrected chi connectivity index (χ3v) is 4.13. The summed E-state index contributed by atoms with van der Waals surface area (Å²) in [5, 5.41) is 9.05.